The average Bonchev–Trinajstić information content (AvgIpc) is 3.62. The van der Waals surface area contributed by atoms with E-state index in [0.717, 1.165) is 50.6 Å². The molecule has 0 spiro atoms. The van der Waals surface area contributed by atoms with Gasteiger partial charge in [0.25, 0.3) is 5.91 Å². The van der Waals surface area contributed by atoms with Crippen LogP contribution in [0.25, 0.3) is 0 Å². The molecule has 6 rings (SSSR count). The second-order valence-electron chi connectivity index (χ2n) is 14.5. The van der Waals surface area contributed by atoms with E-state index < -0.39 is 46.0 Å². The molecule has 14 heteroatoms. The van der Waals surface area contributed by atoms with Crippen LogP contribution in [0.15, 0.2) is 48.5 Å². The molecule has 1 amide bonds. The van der Waals surface area contributed by atoms with E-state index in [9.17, 15) is 24.0 Å². The highest BCUT2D eigenvalue weighted by molar-refractivity contribution is 6.38. The fraction of sp³-hybridized carbons (Fsp3) is 0.513. The molecule has 4 aliphatic rings. The monoisotopic (exact) mass is 727 g/mol. The number of ether oxygens (including phenoxy) is 2. The largest absolute Gasteiger partial charge is 0.460 e. The number of hydrogen-bond acceptors (Lipinski definition) is 11. The van der Waals surface area contributed by atoms with Gasteiger partial charge in [-0.2, -0.15) is 0 Å². The van der Waals surface area contributed by atoms with Gasteiger partial charge in [0, 0.05) is 36.3 Å². The molecular formula is C39H47N6O8. The van der Waals surface area contributed by atoms with E-state index in [1.165, 1.54) is 24.7 Å². The number of aldehydes is 1. The smallest absolute Gasteiger partial charge is 0.417 e. The van der Waals surface area contributed by atoms with Crippen molar-refractivity contribution in [3.05, 3.63) is 70.8 Å². The van der Waals surface area contributed by atoms with Crippen LogP contribution in [-0.4, -0.2) is 90.4 Å². The second-order valence-corrected chi connectivity index (χ2v) is 14.5. The topological polar surface area (TPSA) is 210 Å². The van der Waals surface area contributed by atoms with Gasteiger partial charge in [-0.15, -0.1) is 0 Å². The van der Waals surface area contributed by atoms with Crippen molar-refractivity contribution in [2.75, 3.05) is 26.2 Å². The van der Waals surface area contributed by atoms with Crippen molar-refractivity contribution >= 4 is 42.2 Å². The number of benzene rings is 2. The van der Waals surface area contributed by atoms with Crippen molar-refractivity contribution in [1.29, 1.82) is 5.41 Å². The molecule has 14 nitrogen and oxygen atoms in total. The normalized spacial score (nSPS) is 26.9. The number of nitrogens with two attached hydrogens (primary N) is 1. The van der Waals surface area contributed by atoms with E-state index in [0.29, 0.717) is 31.4 Å². The number of carbonyl (C=O) groups excluding carboxylic acids is 6. The number of nitrogens with one attached hydrogen (secondary N) is 4. The van der Waals surface area contributed by atoms with Gasteiger partial charge in [-0.05, 0) is 74.6 Å². The number of rotatable bonds is 16. The van der Waals surface area contributed by atoms with E-state index >= 15 is 4.79 Å². The Morgan fingerprint density at radius 1 is 1.09 bits per heavy atom. The minimum absolute atomic E-state index is 0.0586. The van der Waals surface area contributed by atoms with Crippen molar-refractivity contribution < 1.29 is 38.2 Å². The van der Waals surface area contributed by atoms with Gasteiger partial charge in [0.2, 0.25) is 0 Å². The van der Waals surface area contributed by atoms with Crippen molar-refractivity contribution in [2.45, 2.75) is 88.1 Å². The van der Waals surface area contributed by atoms with Crippen LogP contribution in [0.1, 0.15) is 89.6 Å². The Kier molecular flexibility index (Phi) is 11.4. The van der Waals surface area contributed by atoms with Crippen molar-refractivity contribution in [3.8, 4) is 0 Å². The number of likely N-dealkylation sites (tertiary alicyclic amines) is 1. The molecule has 0 aromatic heterocycles. The van der Waals surface area contributed by atoms with Gasteiger partial charge in [0.15, 0.2) is 28.5 Å². The Labute approximate surface area is 308 Å². The maximum Gasteiger partial charge on any atom is 0.417 e. The number of ketones is 2. The number of amides is 1. The zero-order chi connectivity index (χ0) is 37.6. The number of nitrogens with zero attached hydrogens (tertiary/aromatic N) is 1. The molecule has 2 saturated carbocycles. The molecule has 1 radical (unpaired) electrons. The summed E-state index contributed by atoms with van der Waals surface area (Å²) in [7, 11) is 0. The van der Waals surface area contributed by atoms with Crippen LogP contribution < -0.4 is 21.7 Å². The number of fused-ring (bicyclic) bond motifs is 2. The summed E-state index contributed by atoms with van der Waals surface area (Å²) in [6, 6.07) is 12.3. The first-order valence-electron chi connectivity index (χ1n) is 18.4. The summed E-state index contributed by atoms with van der Waals surface area (Å²) in [4.78, 5) is 82.7. The number of guanidine groups is 1. The van der Waals surface area contributed by atoms with Crippen LogP contribution >= 0.6 is 0 Å². The Morgan fingerprint density at radius 3 is 2.64 bits per heavy atom. The summed E-state index contributed by atoms with van der Waals surface area (Å²) in [6.07, 6.45) is 6.62. The standard InChI is InChI=1S/C39H47N6O8/c40-36(41)43-18-7-12-31(32(48)27-13-14-28(23-52-25-47)29(20-27)21-46)44-34(50)39-33(49)38(39,35(51)53-22-26-8-2-1-3-9-26)16-19-45(39)37-15-5-4-10-30(37)11-6-17-42-24-37/h1-3,8-9,13-14,20-21,30-31,42H,4-7,10-12,15-19,22-24H2,(H,44,50)(H4,40,41,43)/t30?,31-,37?,38?,39+/m0/s1. The van der Waals surface area contributed by atoms with Gasteiger partial charge in [0.1, 0.15) is 19.5 Å². The quantitative estimate of drug-likeness (QED) is 0.0320. The molecule has 2 aliphatic heterocycles. The number of esters is 1. The van der Waals surface area contributed by atoms with Crippen LogP contribution in [-0.2, 0) is 41.9 Å². The molecule has 2 aromatic rings. The van der Waals surface area contributed by atoms with Crippen molar-refractivity contribution in [2.24, 2.45) is 17.1 Å². The molecule has 6 N–H and O–H groups in total. The Morgan fingerprint density at radius 2 is 1.89 bits per heavy atom. The third kappa shape index (κ3) is 6.85. The summed E-state index contributed by atoms with van der Waals surface area (Å²) in [6.45, 7) is 2.99. The third-order valence-corrected chi connectivity index (χ3v) is 11.8. The summed E-state index contributed by atoms with van der Waals surface area (Å²) < 4.78 is 10.5. The number of Topliss-reactive ketones (excluding diaryl/α,β-unsaturated/α-hetero) is 2. The maximum atomic E-state index is 15.1. The minimum atomic E-state index is -1.88. The van der Waals surface area contributed by atoms with Gasteiger partial charge in [-0.1, -0.05) is 55.3 Å². The van der Waals surface area contributed by atoms with Gasteiger partial charge in [-0.3, -0.25) is 34.3 Å². The zero-order valence-corrected chi connectivity index (χ0v) is 29.7. The van der Waals surface area contributed by atoms with Gasteiger partial charge in [0.05, 0.1) is 6.04 Å². The highest BCUT2D eigenvalue weighted by Gasteiger charge is 2.92. The molecule has 2 aromatic carbocycles. The van der Waals surface area contributed by atoms with E-state index in [1.54, 1.807) is 0 Å². The molecule has 3 unspecified atom stereocenters. The summed E-state index contributed by atoms with van der Waals surface area (Å²) in [5.74, 6) is -2.55. The molecule has 281 valence electrons. The number of carbonyl (C=O) groups is 5. The van der Waals surface area contributed by atoms with E-state index in [1.807, 2.05) is 35.2 Å². The minimum Gasteiger partial charge on any atom is -0.460 e. The Balaban J connectivity index is 1.36. The highest BCUT2D eigenvalue weighted by atomic mass is 16.5. The second kappa shape index (κ2) is 16.0. The fourth-order valence-electron chi connectivity index (χ4n) is 9.20. The summed E-state index contributed by atoms with van der Waals surface area (Å²) >= 11 is 0. The van der Waals surface area contributed by atoms with Crippen molar-refractivity contribution in [1.82, 2.24) is 20.9 Å². The van der Waals surface area contributed by atoms with Gasteiger partial charge in [-0.25, -0.2) is 4.79 Å². The molecule has 2 heterocycles. The first-order chi connectivity index (χ1) is 25.6. The van der Waals surface area contributed by atoms with Crippen LogP contribution in [0.5, 0.6) is 0 Å². The fourth-order valence-corrected chi connectivity index (χ4v) is 9.20. The summed E-state index contributed by atoms with van der Waals surface area (Å²) in [5, 5.41) is 16.7. The predicted octanol–water partition coefficient (Wildman–Crippen LogP) is 2.08. The molecule has 2 aliphatic carbocycles. The Bertz CT molecular complexity index is 1750. The summed E-state index contributed by atoms with van der Waals surface area (Å²) in [5.41, 5.74) is 2.66. The van der Waals surface area contributed by atoms with E-state index in [2.05, 4.69) is 20.7 Å². The lowest BCUT2D eigenvalue weighted by Crippen LogP contribution is -2.67. The number of piperidine rings is 1. The Hall–Kier alpha value is -4.95. The van der Waals surface area contributed by atoms with Crippen LogP contribution in [0.4, 0.5) is 0 Å². The molecule has 0 bridgehead atoms. The first-order valence-corrected chi connectivity index (χ1v) is 18.4. The van der Waals surface area contributed by atoms with E-state index in [-0.39, 0.29) is 55.6 Å². The molecule has 4 fully saturated rings. The lowest BCUT2D eigenvalue weighted by molar-refractivity contribution is -0.155. The van der Waals surface area contributed by atoms with Crippen LogP contribution in [0.2, 0.25) is 0 Å². The SMILES string of the molecule is N=C(N)NCCC[C@H](NC(=O)[C@]12C(=O)C1(C(=O)OCc1ccccc1)CCN2C12CCCCC1CCCNC2)C(=O)c1ccc(CO[C]=O)c(C=O)c1. The number of hydrogen-bond donors (Lipinski definition) is 5. The van der Waals surface area contributed by atoms with Crippen molar-refractivity contribution in [3.63, 3.8) is 0 Å². The lowest BCUT2D eigenvalue weighted by Gasteiger charge is -2.52. The first kappa shape index (κ1) is 37.8. The third-order valence-electron chi connectivity index (χ3n) is 11.8. The lowest BCUT2D eigenvalue weighted by atomic mass is 9.69. The maximum absolute atomic E-state index is 15.1. The van der Waals surface area contributed by atoms with Crippen LogP contribution in [0, 0.1) is 16.7 Å². The molecule has 5 atom stereocenters. The zero-order valence-electron chi connectivity index (χ0n) is 29.7. The van der Waals surface area contributed by atoms with Gasteiger partial charge < -0.3 is 31.2 Å². The molecular weight excluding hydrogens is 680 g/mol. The van der Waals surface area contributed by atoms with E-state index in [4.69, 9.17) is 15.9 Å². The van der Waals surface area contributed by atoms with Gasteiger partial charge >= 0.3 is 12.4 Å². The molecule has 53 heavy (non-hydrogen) atoms. The molecule has 2 saturated heterocycles. The predicted molar refractivity (Wildman–Crippen MR) is 192 cm³/mol. The highest BCUT2D eigenvalue weighted by Crippen LogP contribution is 2.67. The van der Waals surface area contributed by atoms with Crippen LogP contribution in [0.3, 0.4) is 0 Å². The average molecular weight is 728 g/mol.